The second kappa shape index (κ2) is 13.9. The number of nitrogens with zero attached hydrogens (tertiary/aromatic N) is 6. The molecule has 0 atom stereocenters. The normalized spacial score (nSPS) is 11.8. The summed E-state index contributed by atoms with van der Waals surface area (Å²) >= 11 is 0. The van der Waals surface area contributed by atoms with Crippen LogP contribution in [-0.4, -0.2) is 29.1 Å². The van der Waals surface area contributed by atoms with E-state index < -0.39 is 0 Å². The number of para-hydroxylation sites is 2. The molecule has 13 rings (SSSR count). The lowest BCUT2D eigenvalue weighted by molar-refractivity contribution is 0.669. The van der Waals surface area contributed by atoms with Crippen molar-refractivity contribution in [3.8, 4) is 56.7 Å². The van der Waals surface area contributed by atoms with Crippen LogP contribution < -0.4 is 0 Å². The molecule has 294 valence electrons. The molecule has 0 N–H and O–H groups in total. The molecule has 0 amide bonds. The third kappa shape index (κ3) is 5.60. The monoisotopic (exact) mass is 806 g/mol. The van der Waals surface area contributed by atoms with E-state index in [2.05, 4.69) is 137 Å². The standard InChI is InChI=1S/C56H34N6O/c1-4-14-35(15-5-1)54-58-55(36-16-6-2-7-17-36)60-56(59-54)62-46-22-11-10-20-42(46)43-32-37(25-28-47(43)62)38-27-30-50-45(33-38)52-41(21-12-24-51(52)63-50)39-26-29-48-44(34-39)53-49(23-13-31-57-53)61(48)40-18-8-3-9-19-40/h1-34H. The van der Waals surface area contributed by atoms with Gasteiger partial charge in [0.05, 0.1) is 27.6 Å². The summed E-state index contributed by atoms with van der Waals surface area (Å²) < 4.78 is 11.0. The van der Waals surface area contributed by atoms with Crippen molar-refractivity contribution in [1.29, 1.82) is 0 Å². The van der Waals surface area contributed by atoms with E-state index in [9.17, 15) is 0 Å². The Morgan fingerprint density at radius 3 is 1.73 bits per heavy atom. The summed E-state index contributed by atoms with van der Waals surface area (Å²) in [7, 11) is 0. The summed E-state index contributed by atoms with van der Waals surface area (Å²) in [6.07, 6.45) is 1.88. The fourth-order valence-electron chi connectivity index (χ4n) is 9.37. The van der Waals surface area contributed by atoms with E-state index in [1.165, 1.54) is 0 Å². The van der Waals surface area contributed by atoms with Crippen LogP contribution in [0.15, 0.2) is 211 Å². The molecule has 63 heavy (non-hydrogen) atoms. The van der Waals surface area contributed by atoms with Gasteiger partial charge in [-0.3, -0.25) is 9.55 Å². The molecule has 0 aliphatic rings. The highest BCUT2D eigenvalue weighted by atomic mass is 16.3. The molecule has 0 spiro atoms. The van der Waals surface area contributed by atoms with Crippen LogP contribution in [0, 0.1) is 0 Å². The van der Waals surface area contributed by atoms with Gasteiger partial charge in [0, 0.05) is 49.9 Å². The minimum atomic E-state index is 0.569. The number of hydrogen-bond acceptors (Lipinski definition) is 5. The Hall–Kier alpha value is -8.68. The highest BCUT2D eigenvalue weighted by molar-refractivity contribution is 6.16. The quantitative estimate of drug-likeness (QED) is 0.167. The molecule has 0 fully saturated rings. The molecule has 5 heterocycles. The zero-order valence-corrected chi connectivity index (χ0v) is 33.7. The van der Waals surface area contributed by atoms with Gasteiger partial charge < -0.3 is 8.98 Å². The van der Waals surface area contributed by atoms with Crippen LogP contribution in [0.1, 0.15) is 0 Å². The van der Waals surface area contributed by atoms with Crippen LogP contribution in [-0.2, 0) is 0 Å². The van der Waals surface area contributed by atoms with Gasteiger partial charge in [0.1, 0.15) is 11.2 Å². The first-order chi connectivity index (χ1) is 31.2. The van der Waals surface area contributed by atoms with Crippen molar-refractivity contribution in [2.45, 2.75) is 0 Å². The smallest absolute Gasteiger partial charge is 0.238 e. The van der Waals surface area contributed by atoms with Gasteiger partial charge in [-0.25, -0.2) is 4.98 Å². The first-order valence-corrected chi connectivity index (χ1v) is 21.0. The van der Waals surface area contributed by atoms with Gasteiger partial charge in [-0.15, -0.1) is 0 Å². The van der Waals surface area contributed by atoms with Gasteiger partial charge in [0.2, 0.25) is 5.95 Å². The number of fused-ring (bicyclic) bond motifs is 9. The third-order valence-corrected chi connectivity index (χ3v) is 12.2. The number of aromatic nitrogens is 6. The molecule has 0 saturated heterocycles. The zero-order chi connectivity index (χ0) is 41.4. The van der Waals surface area contributed by atoms with Crippen molar-refractivity contribution in [3.05, 3.63) is 206 Å². The summed E-state index contributed by atoms with van der Waals surface area (Å²) in [5, 5.41) is 5.49. The molecular weight excluding hydrogens is 773 g/mol. The van der Waals surface area contributed by atoms with E-state index in [4.69, 9.17) is 24.4 Å². The maximum atomic E-state index is 6.55. The Bertz CT molecular complexity index is 3850. The summed E-state index contributed by atoms with van der Waals surface area (Å²) in [5.74, 6) is 1.81. The minimum Gasteiger partial charge on any atom is -0.456 e. The molecule has 0 saturated carbocycles. The highest BCUT2D eigenvalue weighted by Crippen LogP contribution is 2.42. The molecular formula is C56H34N6O. The van der Waals surface area contributed by atoms with E-state index >= 15 is 0 Å². The minimum absolute atomic E-state index is 0.569. The average molecular weight is 807 g/mol. The van der Waals surface area contributed by atoms with E-state index in [0.29, 0.717) is 17.6 Å². The maximum absolute atomic E-state index is 6.55. The van der Waals surface area contributed by atoms with E-state index in [-0.39, 0.29) is 0 Å². The van der Waals surface area contributed by atoms with Crippen LogP contribution in [0.25, 0.3) is 122 Å². The van der Waals surface area contributed by atoms with Crippen LogP contribution in [0.2, 0.25) is 0 Å². The van der Waals surface area contributed by atoms with Crippen molar-refractivity contribution < 1.29 is 4.42 Å². The highest BCUT2D eigenvalue weighted by Gasteiger charge is 2.20. The van der Waals surface area contributed by atoms with Crippen LogP contribution in [0.4, 0.5) is 0 Å². The number of furan rings is 1. The van der Waals surface area contributed by atoms with Gasteiger partial charge in [-0.05, 0) is 95.1 Å². The molecule has 8 aromatic carbocycles. The lowest BCUT2D eigenvalue weighted by Crippen LogP contribution is -2.06. The van der Waals surface area contributed by atoms with Crippen LogP contribution >= 0.6 is 0 Å². The van der Waals surface area contributed by atoms with Crippen molar-refractivity contribution in [2.75, 3.05) is 0 Å². The first kappa shape index (κ1) is 35.1. The molecule has 7 nitrogen and oxygen atoms in total. The first-order valence-electron chi connectivity index (χ1n) is 21.0. The summed E-state index contributed by atoms with van der Waals surface area (Å²) in [6.45, 7) is 0. The van der Waals surface area contributed by atoms with Crippen molar-refractivity contribution in [2.24, 2.45) is 0 Å². The van der Waals surface area contributed by atoms with Gasteiger partial charge in [0.15, 0.2) is 11.6 Å². The largest absolute Gasteiger partial charge is 0.456 e. The molecule has 0 unspecified atom stereocenters. The Balaban J connectivity index is 0.962. The Labute approximate surface area is 360 Å². The van der Waals surface area contributed by atoms with E-state index in [0.717, 1.165) is 105 Å². The SMILES string of the molecule is c1ccc(-c2nc(-c3ccccc3)nc(-n3c4ccccc4c4cc(-c5ccc6oc7cccc(-c8ccc9c(c8)c8ncccc8n9-c8ccccc8)c7c6c5)ccc43)n2)cc1. The van der Waals surface area contributed by atoms with Gasteiger partial charge in [-0.1, -0.05) is 127 Å². The average Bonchev–Trinajstić information content (AvgIpc) is 4.02. The second-order valence-corrected chi connectivity index (χ2v) is 15.9. The molecule has 0 aliphatic heterocycles. The van der Waals surface area contributed by atoms with E-state index in [1.807, 2.05) is 79.0 Å². The second-order valence-electron chi connectivity index (χ2n) is 15.9. The molecule has 5 aromatic heterocycles. The molecule has 0 bridgehead atoms. The Morgan fingerprint density at radius 1 is 0.365 bits per heavy atom. The van der Waals surface area contributed by atoms with Gasteiger partial charge in [-0.2, -0.15) is 9.97 Å². The number of hydrogen-bond donors (Lipinski definition) is 0. The van der Waals surface area contributed by atoms with E-state index in [1.54, 1.807) is 0 Å². The lowest BCUT2D eigenvalue weighted by Gasteiger charge is -2.11. The van der Waals surface area contributed by atoms with Crippen molar-refractivity contribution in [3.63, 3.8) is 0 Å². The zero-order valence-electron chi connectivity index (χ0n) is 33.7. The molecule has 0 radical (unpaired) electrons. The number of benzene rings is 8. The van der Waals surface area contributed by atoms with Crippen LogP contribution in [0.5, 0.6) is 0 Å². The topological polar surface area (TPSA) is 74.6 Å². The molecule has 0 aliphatic carbocycles. The van der Waals surface area contributed by atoms with Crippen molar-refractivity contribution >= 4 is 65.7 Å². The summed E-state index contributed by atoms with van der Waals surface area (Å²) in [6, 6.07) is 69.6. The maximum Gasteiger partial charge on any atom is 0.238 e. The summed E-state index contributed by atoms with van der Waals surface area (Å²) in [5.41, 5.74) is 14.3. The predicted octanol–water partition coefficient (Wildman–Crippen LogP) is 14.0. The number of pyridine rings is 1. The van der Waals surface area contributed by atoms with Crippen LogP contribution in [0.3, 0.4) is 0 Å². The molecule has 13 aromatic rings. The van der Waals surface area contributed by atoms with Gasteiger partial charge in [0.25, 0.3) is 0 Å². The Morgan fingerprint density at radius 2 is 0.968 bits per heavy atom. The predicted molar refractivity (Wildman–Crippen MR) is 255 cm³/mol. The molecule has 7 heteroatoms. The summed E-state index contributed by atoms with van der Waals surface area (Å²) in [4.78, 5) is 20.1. The fraction of sp³-hybridized carbons (Fsp3) is 0. The Kier molecular flexibility index (Phi) is 7.77. The van der Waals surface area contributed by atoms with Gasteiger partial charge >= 0.3 is 0 Å². The third-order valence-electron chi connectivity index (χ3n) is 12.2. The lowest BCUT2D eigenvalue weighted by atomic mass is 9.96. The van der Waals surface area contributed by atoms with Crippen molar-refractivity contribution in [1.82, 2.24) is 29.1 Å². The number of rotatable bonds is 6. The fourth-order valence-corrected chi connectivity index (χ4v) is 9.37.